The normalized spacial score (nSPS) is 18.5. The fourth-order valence-electron chi connectivity index (χ4n) is 3.07. The molecule has 0 saturated carbocycles. The van der Waals surface area contributed by atoms with E-state index in [1.807, 2.05) is 37.4 Å². The quantitative estimate of drug-likeness (QED) is 0.588. The molecule has 1 aliphatic heterocycles. The van der Waals surface area contributed by atoms with Crippen LogP contribution in [-0.4, -0.2) is 16.1 Å². The SMILES string of the molecule is Cc1ccc([C@H]2Nc3c(C(=O)NO)cccc3C2(C)C)nc1. The lowest BCUT2D eigenvalue weighted by Crippen LogP contribution is -2.26. The van der Waals surface area contributed by atoms with Gasteiger partial charge in [0, 0.05) is 11.6 Å². The molecule has 1 amide bonds. The predicted octanol–water partition coefficient (Wildman–Crippen LogP) is 2.95. The van der Waals surface area contributed by atoms with Crippen LogP contribution in [0.15, 0.2) is 36.5 Å². The van der Waals surface area contributed by atoms with Gasteiger partial charge in [-0.1, -0.05) is 32.0 Å². The fourth-order valence-corrected chi connectivity index (χ4v) is 3.07. The lowest BCUT2D eigenvalue weighted by Gasteiger charge is -2.27. The smallest absolute Gasteiger partial charge is 0.276 e. The van der Waals surface area contributed by atoms with Crippen molar-refractivity contribution in [1.29, 1.82) is 0 Å². The molecule has 1 aromatic heterocycles. The highest BCUT2D eigenvalue weighted by Gasteiger charge is 2.42. The molecular formula is C17H19N3O2. The van der Waals surface area contributed by atoms with Crippen LogP contribution in [0.1, 0.15) is 47.1 Å². The molecule has 5 heteroatoms. The topological polar surface area (TPSA) is 74.2 Å². The zero-order valence-corrected chi connectivity index (χ0v) is 12.8. The Morgan fingerprint density at radius 2 is 2.09 bits per heavy atom. The lowest BCUT2D eigenvalue weighted by molar-refractivity contribution is 0.0707. The molecule has 1 aliphatic rings. The molecule has 22 heavy (non-hydrogen) atoms. The van der Waals surface area contributed by atoms with Gasteiger partial charge in [-0.2, -0.15) is 0 Å². The molecule has 0 unspecified atom stereocenters. The summed E-state index contributed by atoms with van der Waals surface area (Å²) in [7, 11) is 0. The first-order valence-corrected chi connectivity index (χ1v) is 7.22. The third-order valence-corrected chi connectivity index (χ3v) is 4.35. The minimum atomic E-state index is -0.516. The van der Waals surface area contributed by atoms with Crippen molar-refractivity contribution in [3.8, 4) is 0 Å². The van der Waals surface area contributed by atoms with Gasteiger partial charge in [0.1, 0.15) is 0 Å². The molecular weight excluding hydrogens is 278 g/mol. The van der Waals surface area contributed by atoms with E-state index in [1.54, 1.807) is 11.5 Å². The van der Waals surface area contributed by atoms with E-state index in [1.165, 1.54) is 0 Å². The molecule has 0 spiro atoms. The van der Waals surface area contributed by atoms with E-state index in [-0.39, 0.29) is 11.5 Å². The Morgan fingerprint density at radius 3 is 2.73 bits per heavy atom. The Kier molecular flexibility index (Phi) is 3.37. The van der Waals surface area contributed by atoms with Gasteiger partial charge in [0.25, 0.3) is 5.91 Å². The van der Waals surface area contributed by atoms with E-state index < -0.39 is 5.91 Å². The van der Waals surface area contributed by atoms with Gasteiger partial charge in [-0.05, 0) is 30.2 Å². The number of nitrogens with one attached hydrogen (secondary N) is 2. The molecule has 0 fully saturated rings. The second kappa shape index (κ2) is 5.10. The highest BCUT2D eigenvalue weighted by molar-refractivity contribution is 6.00. The number of anilines is 1. The van der Waals surface area contributed by atoms with Crippen LogP contribution in [0.2, 0.25) is 0 Å². The van der Waals surface area contributed by atoms with Crippen LogP contribution < -0.4 is 10.8 Å². The standard InChI is InChI=1S/C17H19N3O2/c1-10-7-8-13(18-9-10)15-17(2,3)12-6-4-5-11(14(12)19-15)16(21)20-22/h4-9,15,19,22H,1-3H3,(H,20,21)/t15-/m1/s1. The highest BCUT2D eigenvalue weighted by Crippen LogP contribution is 2.49. The molecule has 0 saturated heterocycles. The summed E-state index contributed by atoms with van der Waals surface area (Å²) in [4.78, 5) is 16.4. The first kappa shape index (κ1) is 14.5. The third-order valence-electron chi connectivity index (χ3n) is 4.35. The van der Waals surface area contributed by atoms with Crippen molar-refractivity contribution in [1.82, 2.24) is 10.5 Å². The van der Waals surface area contributed by atoms with Gasteiger partial charge in [0.2, 0.25) is 0 Å². The second-order valence-corrected chi connectivity index (χ2v) is 6.23. The second-order valence-electron chi connectivity index (χ2n) is 6.23. The summed E-state index contributed by atoms with van der Waals surface area (Å²) >= 11 is 0. The summed E-state index contributed by atoms with van der Waals surface area (Å²) in [5.74, 6) is -0.516. The van der Waals surface area contributed by atoms with Crippen molar-refractivity contribution in [2.45, 2.75) is 32.2 Å². The molecule has 5 nitrogen and oxygen atoms in total. The van der Waals surface area contributed by atoms with E-state index in [9.17, 15) is 4.79 Å². The maximum atomic E-state index is 11.9. The van der Waals surface area contributed by atoms with Gasteiger partial charge < -0.3 is 5.32 Å². The summed E-state index contributed by atoms with van der Waals surface area (Å²) < 4.78 is 0. The number of para-hydroxylation sites is 1. The number of carbonyl (C=O) groups excluding carboxylic acids is 1. The number of hydroxylamine groups is 1. The Balaban J connectivity index is 2.08. The molecule has 0 radical (unpaired) electrons. The third kappa shape index (κ3) is 2.14. The number of pyridine rings is 1. The minimum absolute atomic E-state index is 0.0317. The van der Waals surface area contributed by atoms with Gasteiger partial charge in [-0.3, -0.25) is 15.0 Å². The van der Waals surface area contributed by atoms with Crippen molar-refractivity contribution in [3.63, 3.8) is 0 Å². The monoisotopic (exact) mass is 297 g/mol. The van der Waals surface area contributed by atoms with Crippen molar-refractivity contribution >= 4 is 11.6 Å². The molecule has 1 aromatic carbocycles. The summed E-state index contributed by atoms with van der Waals surface area (Å²) in [6.45, 7) is 6.25. The number of aryl methyl sites for hydroxylation is 1. The number of aromatic nitrogens is 1. The van der Waals surface area contributed by atoms with Crippen LogP contribution in [0.5, 0.6) is 0 Å². The Labute approximate surface area is 129 Å². The molecule has 3 rings (SSSR count). The molecule has 0 bridgehead atoms. The zero-order chi connectivity index (χ0) is 15.9. The number of fused-ring (bicyclic) bond motifs is 1. The fraction of sp³-hybridized carbons (Fsp3) is 0.294. The Hall–Kier alpha value is -2.40. The maximum absolute atomic E-state index is 11.9. The maximum Gasteiger partial charge on any atom is 0.276 e. The van der Waals surface area contributed by atoms with E-state index in [0.717, 1.165) is 22.5 Å². The molecule has 1 atom stereocenters. The number of hydrogen-bond donors (Lipinski definition) is 3. The van der Waals surface area contributed by atoms with Crippen LogP contribution in [0, 0.1) is 6.92 Å². The minimum Gasteiger partial charge on any atom is -0.375 e. The molecule has 2 heterocycles. The number of hydrogen-bond acceptors (Lipinski definition) is 4. The van der Waals surface area contributed by atoms with Crippen LogP contribution in [0.25, 0.3) is 0 Å². The molecule has 0 aliphatic carbocycles. The van der Waals surface area contributed by atoms with E-state index in [0.29, 0.717) is 5.56 Å². The van der Waals surface area contributed by atoms with Gasteiger partial charge >= 0.3 is 0 Å². The molecule has 3 N–H and O–H groups in total. The highest BCUT2D eigenvalue weighted by atomic mass is 16.5. The van der Waals surface area contributed by atoms with Gasteiger partial charge in [0.15, 0.2) is 0 Å². The van der Waals surface area contributed by atoms with E-state index in [2.05, 4.69) is 24.1 Å². The summed E-state index contributed by atoms with van der Waals surface area (Å²) in [5, 5.41) is 12.3. The average molecular weight is 297 g/mol. The summed E-state index contributed by atoms with van der Waals surface area (Å²) in [5.41, 5.74) is 5.76. The van der Waals surface area contributed by atoms with Crippen LogP contribution in [0.3, 0.4) is 0 Å². The summed E-state index contributed by atoms with van der Waals surface area (Å²) in [6.07, 6.45) is 1.84. The van der Waals surface area contributed by atoms with Gasteiger partial charge in [-0.15, -0.1) is 0 Å². The largest absolute Gasteiger partial charge is 0.375 e. The van der Waals surface area contributed by atoms with Crippen molar-refractivity contribution < 1.29 is 10.0 Å². The number of rotatable bonds is 2. The van der Waals surface area contributed by atoms with Gasteiger partial charge in [0.05, 0.1) is 23.0 Å². The van der Waals surface area contributed by atoms with Crippen molar-refractivity contribution in [2.24, 2.45) is 0 Å². The van der Waals surface area contributed by atoms with Crippen molar-refractivity contribution in [3.05, 3.63) is 58.9 Å². The number of nitrogens with zero attached hydrogens (tertiary/aromatic N) is 1. The Bertz CT molecular complexity index is 723. The first-order chi connectivity index (χ1) is 10.4. The predicted molar refractivity (Wildman–Crippen MR) is 84.1 cm³/mol. The summed E-state index contributed by atoms with van der Waals surface area (Å²) in [6, 6.07) is 9.54. The molecule has 2 aromatic rings. The van der Waals surface area contributed by atoms with Crippen LogP contribution >= 0.6 is 0 Å². The number of amides is 1. The van der Waals surface area contributed by atoms with Crippen LogP contribution in [0.4, 0.5) is 5.69 Å². The zero-order valence-electron chi connectivity index (χ0n) is 12.8. The van der Waals surface area contributed by atoms with Gasteiger partial charge in [-0.25, -0.2) is 5.48 Å². The van der Waals surface area contributed by atoms with Crippen molar-refractivity contribution in [2.75, 3.05) is 5.32 Å². The van der Waals surface area contributed by atoms with E-state index in [4.69, 9.17) is 5.21 Å². The lowest BCUT2D eigenvalue weighted by atomic mass is 9.79. The van der Waals surface area contributed by atoms with E-state index >= 15 is 0 Å². The first-order valence-electron chi connectivity index (χ1n) is 7.22. The molecule has 114 valence electrons. The average Bonchev–Trinajstić information content (AvgIpc) is 2.79. The number of carbonyl (C=O) groups is 1. The van der Waals surface area contributed by atoms with Crippen LogP contribution in [-0.2, 0) is 5.41 Å². The Morgan fingerprint density at radius 1 is 1.32 bits per heavy atom. The number of benzene rings is 1.